The van der Waals surface area contributed by atoms with E-state index in [0.717, 1.165) is 16.7 Å². The molecule has 1 aromatic heterocycles. The summed E-state index contributed by atoms with van der Waals surface area (Å²) in [5.41, 5.74) is -1.67. The molecule has 10 nitrogen and oxygen atoms in total. The van der Waals surface area contributed by atoms with Gasteiger partial charge in [0, 0.05) is 32.4 Å². The number of carboxylic acid groups (broad SMARTS) is 1. The normalized spacial score (nSPS) is 13.5. The molecule has 178 valence electrons. The molecule has 1 saturated heterocycles. The van der Waals surface area contributed by atoms with Gasteiger partial charge in [0.1, 0.15) is 17.5 Å². The van der Waals surface area contributed by atoms with Crippen LogP contribution in [0, 0.1) is 11.6 Å². The Balaban J connectivity index is 0.000000479. The van der Waals surface area contributed by atoms with Crippen molar-refractivity contribution in [3.05, 3.63) is 52.1 Å². The van der Waals surface area contributed by atoms with Crippen molar-refractivity contribution in [3.63, 3.8) is 0 Å². The number of hydrogen-bond donors (Lipinski definition) is 3. The largest absolute Gasteiger partial charge is 0.490 e. The molecule has 0 unspecified atom stereocenters. The summed E-state index contributed by atoms with van der Waals surface area (Å²) < 4.78 is 60.1. The molecule has 0 aliphatic carbocycles. The second kappa shape index (κ2) is 10.6. The van der Waals surface area contributed by atoms with Crippen LogP contribution in [0.3, 0.4) is 0 Å². The fourth-order valence-electron chi connectivity index (χ4n) is 2.55. The molecule has 15 heteroatoms. The Morgan fingerprint density at radius 3 is 2.15 bits per heavy atom. The van der Waals surface area contributed by atoms with E-state index in [-0.39, 0.29) is 23.8 Å². The van der Waals surface area contributed by atoms with Crippen molar-refractivity contribution in [2.75, 3.05) is 31.5 Å². The molecule has 3 rings (SSSR count). The zero-order valence-corrected chi connectivity index (χ0v) is 16.5. The molecule has 2 heterocycles. The van der Waals surface area contributed by atoms with Crippen LogP contribution in [0.1, 0.15) is 10.4 Å². The van der Waals surface area contributed by atoms with Gasteiger partial charge in [0.15, 0.2) is 6.29 Å². The summed E-state index contributed by atoms with van der Waals surface area (Å²) in [4.78, 5) is 49.0. The maximum atomic E-state index is 13.7. The van der Waals surface area contributed by atoms with E-state index in [0.29, 0.717) is 26.2 Å². The number of benzene rings is 1. The summed E-state index contributed by atoms with van der Waals surface area (Å²) >= 11 is 0. The molecule has 1 fully saturated rings. The first kappa shape index (κ1) is 25.4. The Bertz CT molecular complexity index is 1080. The monoisotopic (exact) mass is 477 g/mol. The number of halogens is 5. The summed E-state index contributed by atoms with van der Waals surface area (Å²) in [5.74, 6) is -4.90. The van der Waals surface area contributed by atoms with Crippen LogP contribution < -0.4 is 16.3 Å². The number of nitrogens with one attached hydrogen (secondary N) is 2. The lowest BCUT2D eigenvalue weighted by Crippen LogP contribution is -2.48. The van der Waals surface area contributed by atoms with Crippen LogP contribution in [0.15, 0.2) is 29.2 Å². The van der Waals surface area contributed by atoms with Gasteiger partial charge in [-0.3, -0.25) is 14.7 Å². The summed E-state index contributed by atoms with van der Waals surface area (Å²) in [5, 5.41) is 12.7. The number of carboxylic acids is 1. The molecule has 1 aliphatic heterocycles. The number of piperazine rings is 1. The van der Waals surface area contributed by atoms with Crippen LogP contribution in [-0.4, -0.2) is 70.2 Å². The average molecular weight is 477 g/mol. The summed E-state index contributed by atoms with van der Waals surface area (Å²) in [6.45, 7) is 2.42. The molecule has 0 spiro atoms. The number of carbonyl (C=O) groups excluding carboxylic acids is 2. The predicted octanol–water partition coefficient (Wildman–Crippen LogP) is 1.39. The second-order valence-corrected chi connectivity index (χ2v) is 6.38. The summed E-state index contributed by atoms with van der Waals surface area (Å²) in [7, 11) is 0. The molecule has 1 aromatic carbocycles. The predicted molar refractivity (Wildman–Crippen MR) is 102 cm³/mol. The second-order valence-electron chi connectivity index (χ2n) is 6.38. The molecule has 0 radical (unpaired) electrons. The topological polar surface area (TPSA) is 134 Å². The summed E-state index contributed by atoms with van der Waals surface area (Å²) in [6.07, 6.45) is -3.79. The van der Waals surface area contributed by atoms with Crippen molar-refractivity contribution in [1.82, 2.24) is 19.8 Å². The number of aliphatic carboxylic acids is 1. The Hall–Kier alpha value is -3.88. The van der Waals surface area contributed by atoms with Crippen molar-refractivity contribution in [2.45, 2.75) is 6.18 Å². The quantitative estimate of drug-likeness (QED) is 0.450. The van der Waals surface area contributed by atoms with E-state index in [1.807, 2.05) is 0 Å². The zero-order valence-electron chi connectivity index (χ0n) is 16.5. The van der Waals surface area contributed by atoms with Gasteiger partial charge < -0.3 is 15.3 Å². The van der Waals surface area contributed by atoms with E-state index < -0.39 is 35.0 Å². The van der Waals surface area contributed by atoms with Gasteiger partial charge in [0.2, 0.25) is 0 Å². The number of amides is 2. The van der Waals surface area contributed by atoms with Crippen LogP contribution in [-0.2, 0) is 4.79 Å². The van der Waals surface area contributed by atoms with Crippen molar-refractivity contribution < 1.29 is 41.4 Å². The van der Waals surface area contributed by atoms with Crippen molar-refractivity contribution in [2.24, 2.45) is 0 Å². The van der Waals surface area contributed by atoms with Crippen LogP contribution >= 0.6 is 0 Å². The van der Waals surface area contributed by atoms with Gasteiger partial charge in [-0.05, 0) is 18.2 Å². The first-order chi connectivity index (χ1) is 15.4. The molecular weight excluding hydrogens is 461 g/mol. The number of carbonyl (C=O) groups is 3. The molecular formula is C18H16F5N5O5. The number of hydrogen-bond acceptors (Lipinski definition) is 6. The number of aldehydes is 1. The fourth-order valence-corrected chi connectivity index (χ4v) is 2.55. The minimum Gasteiger partial charge on any atom is -0.475 e. The average Bonchev–Trinajstić information content (AvgIpc) is 2.74. The SMILES string of the molecule is O=C(O)C(F)(F)F.O=Cc1c(F)cc(-n2ccc(NC(=O)N3CCNCC3)nc2=O)cc1F. The molecule has 2 aromatic rings. The lowest BCUT2D eigenvalue weighted by molar-refractivity contribution is -0.192. The fraction of sp³-hybridized carbons (Fsp3) is 0.278. The van der Waals surface area contributed by atoms with Gasteiger partial charge in [0.25, 0.3) is 0 Å². The third kappa shape index (κ3) is 6.80. The summed E-state index contributed by atoms with van der Waals surface area (Å²) in [6, 6.07) is 2.66. The molecule has 0 saturated carbocycles. The minimum absolute atomic E-state index is 0.0280. The van der Waals surface area contributed by atoms with Gasteiger partial charge in [0.05, 0.1) is 11.3 Å². The standard InChI is InChI=1S/C16H15F2N5O3.C2HF3O2/c17-12-7-10(8-13(18)11(12)9-24)23-4-1-14(21-16(23)26)20-15(25)22-5-2-19-3-6-22;3-2(4,5)1(6)7/h1,4,7-9,19H,2-3,5-6H2,(H,20,21,25,26);(H,6,7). The minimum atomic E-state index is -5.08. The lowest BCUT2D eigenvalue weighted by atomic mass is 10.2. The highest BCUT2D eigenvalue weighted by molar-refractivity contribution is 5.88. The number of rotatable bonds is 3. The Morgan fingerprint density at radius 1 is 1.15 bits per heavy atom. The zero-order chi connectivity index (χ0) is 24.8. The van der Waals surface area contributed by atoms with Gasteiger partial charge in [-0.2, -0.15) is 18.2 Å². The number of nitrogens with zero attached hydrogens (tertiary/aromatic N) is 3. The number of alkyl halides is 3. The van der Waals surface area contributed by atoms with Crippen LogP contribution in [0.2, 0.25) is 0 Å². The highest BCUT2D eigenvalue weighted by Gasteiger charge is 2.38. The number of aromatic nitrogens is 2. The lowest BCUT2D eigenvalue weighted by Gasteiger charge is -2.27. The van der Waals surface area contributed by atoms with E-state index in [1.165, 1.54) is 12.3 Å². The number of urea groups is 1. The number of anilines is 1. The van der Waals surface area contributed by atoms with Gasteiger partial charge in [-0.25, -0.2) is 23.2 Å². The first-order valence-corrected chi connectivity index (χ1v) is 9.05. The van der Waals surface area contributed by atoms with Crippen molar-refractivity contribution in [3.8, 4) is 5.69 Å². The highest BCUT2D eigenvalue weighted by Crippen LogP contribution is 2.16. The molecule has 1 aliphatic rings. The Labute approximate surface area is 181 Å². The third-order valence-corrected chi connectivity index (χ3v) is 4.15. The molecule has 0 atom stereocenters. The molecule has 2 amide bonds. The third-order valence-electron chi connectivity index (χ3n) is 4.15. The maximum absolute atomic E-state index is 13.7. The first-order valence-electron chi connectivity index (χ1n) is 9.05. The van der Waals surface area contributed by atoms with E-state index in [4.69, 9.17) is 9.90 Å². The van der Waals surface area contributed by atoms with Crippen molar-refractivity contribution >= 4 is 24.1 Å². The van der Waals surface area contributed by atoms with Crippen LogP contribution in [0.5, 0.6) is 0 Å². The van der Waals surface area contributed by atoms with Crippen LogP contribution in [0.25, 0.3) is 5.69 Å². The van der Waals surface area contributed by atoms with Gasteiger partial charge in [-0.15, -0.1) is 0 Å². The van der Waals surface area contributed by atoms with Gasteiger partial charge in [-0.1, -0.05) is 0 Å². The van der Waals surface area contributed by atoms with Crippen LogP contribution in [0.4, 0.5) is 32.6 Å². The van der Waals surface area contributed by atoms with E-state index in [9.17, 15) is 36.3 Å². The highest BCUT2D eigenvalue weighted by atomic mass is 19.4. The van der Waals surface area contributed by atoms with E-state index in [2.05, 4.69) is 15.6 Å². The Morgan fingerprint density at radius 2 is 1.70 bits per heavy atom. The van der Waals surface area contributed by atoms with Crippen molar-refractivity contribution in [1.29, 1.82) is 0 Å². The van der Waals surface area contributed by atoms with E-state index in [1.54, 1.807) is 4.90 Å². The molecule has 0 bridgehead atoms. The maximum Gasteiger partial charge on any atom is 0.490 e. The molecule has 3 N–H and O–H groups in total. The smallest absolute Gasteiger partial charge is 0.475 e. The van der Waals surface area contributed by atoms with Gasteiger partial charge >= 0.3 is 23.9 Å². The Kier molecular flexibility index (Phi) is 8.17. The molecule has 33 heavy (non-hydrogen) atoms. The van der Waals surface area contributed by atoms with E-state index >= 15 is 0 Å².